The number of thiocarbonyl (C=S) groups is 1. The predicted molar refractivity (Wildman–Crippen MR) is 135 cm³/mol. The SMILES string of the molecule is CC1CCN(c2cc(C(F)(F)F)nc(NC(=S)NCC3(c4cccc(Cl)c4)CCOCC3)n2)CC1. The van der Waals surface area contributed by atoms with Crippen LogP contribution in [0.1, 0.15) is 43.9 Å². The van der Waals surface area contributed by atoms with Crippen molar-refractivity contribution in [2.24, 2.45) is 5.92 Å². The second-order valence-electron chi connectivity index (χ2n) is 9.31. The van der Waals surface area contributed by atoms with Crippen molar-refractivity contribution in [2.45, 2.75) is 44.2 Å². The molecule has 2 aliphatic rings. The average molecular weight is 528 g/mol. The summed E-state index contributed by atoms with van der Waals surface area (Å²) >= 11 is 11.7. The standard InChI is InChI=1S/C24H29ClF3N5OS/c1-16-5-9-33(10-6-16)20-14-19(24(26,27)28)30-21(31-20)32-22(35)29-15-23(7-11-34-12-8-23)17-3-2-4-18(25)13-17/h2-4,13-14,16H,5-12,15H2,1H3,(H2,29,30,31,32,35). The van der Waals surface area contributed by atoms with Crippen LogP contribution in [0.2, 0.25) is 5.02 Å². The van der Waals surface area contributed by atoms with Gasteiger partial charge >= 0.3 is 6.18 Å². The van der Waals surface area contributed by atoms with Crippen molar-refractivity contribution in [3.8, 4) is 0 Å². The van der Waals surface area contributed by atoms with Gasteiger partial charge in [0, 0.05) is 49.4 Å². The Bertz CT molecular complexity index is 1040. The number of hydrogen-bond acceptors (Lipinski definition) is 5. The van der Waals surface area contributed by atoms with Gasteiger partial charge in [-0.05, 0) is 61.5 Å². The van der Waals surface area contributed by atoms with E-state index in [9.17, 15) is 13.2 Å². The summed E-state index contributed by atoms with van der Waals surface area (Å²) in [6.45, 7) is 5.12. The Morgan fingerprint density at radius 1 is 1.20 bits per heavy atom. The van der Waals surface area contributed by atoms with Crippen molar-refractivity contribution in [2.75, 3.05) is 43.1 Å². The number of rotatable bonds is 5. The van der Waals surface area contributed by atoms with Crippen molar-refractivity contribution >= 4 is 40.7 Å². The lowest BCUT2D eigenvalue weighted by molar-refractivity contribution is -0.141. The number of alkyl halides is 3. The van der Waals surface area contributed by atoms with Gasteiger partial charge < -0.3 is 20.3 Å². The summed E-state index contributed by atoms with van der Waals surface area (Å²) in [5.74, 6) is 0.626. The third-order valence-corrected chi connectivity index (χ3v) is 7.29. The van der Waals surface area contributed by atoms with Crippen LogP contribution < -0.4 is 15.5 Å². The van der Waals surface area contributed by atoms with E-state index in [-0.39, 0.29) is 22.3 Å². The number of benzene rings is 1. The van der Waals surface area contributed by atoms with E-state index >= 15 is 0 Å². The van der Waals surface area contributed by atoms with Gasteiger partial charge in [0.25, 0.3) is 0 Å². The summed E-state index contributed by atoms with van der Waals surface area (Å²) in [6, 6.07) is 8.70. The van der Waals surface area contributed by atoms with E-state index in [1.54, 1.807) is 0 Å². The van der Waals surface area contributed by atoms with Crippen LogP contribution in [-0.4, -0.2) is 47.9 Å². The van der Waals surface area contributed by atoms with Gasteiger partial charge in [0.1, 0.15) is 5.82 Å². The molecule has 1 aromatic carbocycles. The van der Waals surface area contributed by atoms with E-state index in [1.165, 1.54) is 0 Å². The van der Waals surface area contributed by atoms with Gasteiger partial charge in [0.05, 0.1) is 0 Å². The summed E-state index contributed by atoms with van der Waals surface area (Å²) in [7, 11) is 0. The van der Waals surface area contributed by atoms with Crippen LogP contribution in [0.25, 0.3) is 0 Å². The number of ether oxygens (including phenoxy) is 1. The molecule has 0 aliphatic carbocycles. The molecule has 0 unspecified atom stereocenters. The van der Waals surface area contributed by atoms with E-state index in [0.717, 1.165) is 37.3 Å². The maximum atomic E-state index is 13.6. The molecule has 3 heterocycles. The zero-order valence-electron chi connectivity index (χ0n) is 19.5. The van der Waals surface area contributed by atoms with Gasteiger partial charge in [-0.1, -0.05) is 30.7 Å². The van der Waals surface area contributed by atoms with E-state index < -0.39 is 11.9 Å². The van der Waals surface area contributed by atoms with E-state index in [0.29, 0.717) is 43.8 Å². The van der Waals surface area contributed by atoms with Crippen molar-refractivity contribution in [3.63, 3.8) is 0 Å². The van der Waals surface area contributed by atoms with Crippen LogP contribution in [0.3, 0.4) is 0 Å². The highest BCUT2D eigenvalue weighted by atomic mass is 35.5. The Morgan fingerprint density at radius 3 is 2.57 bits per heavy atom. The van der Waals surface area contributed by atoms with Crippen molar-refractivity contribution in [1.82, 2.24) is 15.3 Å². The Labute approximate surface area is 213 Å². The van der Waals surface area contributed by atoms with Crippen molar-refractivity contribution in [3.05, 3.63) is 46.6 Å². The topological polar surface area (TPSA) is 62.3 Å². The van der Waals surface area contributed by atoms with E-state index in [4.69, 9.17) is 28.6 Å². The lowest BCUT2D eigenvalue weighted by atomic mass is 9.74. The lowest BCUT2D eigenvalue weighted by Gasteiger charge is -2.38. The summed E-state index contributed by atoms with van der Waals surface area (Å²) in [5.41, 5.74) is -0.189. The van der Waals surface area contributed by atoms with Gasteiger partial charge in [0.15, 0.2) is 10.8 Å². The maximum absolute atomic E-state index is 13.6. The summed E-state index contributed by atoms with van der Waals surface area (Å²) < 4.78 is 46.3. The van der Waals surface area contributed by atoms with Gasteiger partial charge in [-0.2, -0.15) is 18.2 Å². The minimum atomic E-state index is -4.59. The maximum Gasteiger partial charge on any atom is 0.433 e. The highest BCUT2D eigenvalue weighted by molar-refractivity contribution is 7.80. The fourth-order valence-corrected chi connectivity index (χ4v) is 4.93. The summed E-state index contributed by atoms with van der Waals surface area (Å²) in [6.07, 6.45) is -1.25. The number of aromatic nitrogens is 2. The van der Waals surface area contributed by atoms with Crippen LogP contribution in [0.15, 0.2) is 30.3 Å². The predicted octanol–water partition coefficient (Wildman–Crippen LogP) is 5.42. The van der Waals surface area contributed by atoms with E-state index in [2.05, 4.69) is 27.5 Å². The quantitative estimate of drug-likeness (QED) is 0.503. The van der Waals surface area contributed by atoms with Crippen LogP contribution >= 0.6 is 23.8 Å². The average Bonchev–Trinajstić information content (AvgIpc) is 2.83. The van der Waals surface area contributed by atoms with Crippen LogP contribution in [0, 0.1) is 5.92 Å². The number of nitrogens with zero attached hydrogens (tertiary/aromatic N) is 3. The first-order valence-electron chi connectivity index (χ1n) is 11.7. The smallest absolute Gasteiger partial charge is 0.381 e. The molecule has 0 atom stereocenters. The first-order chi connectivity index (χ1) is 16.6. The summed E-state index contributed by atoms with van der Waals surface area (Å²) in [4.78, 5) is 9.92. The Balaban J connectivity index is 1.50. The fraction of sp³-hybridized carbons (Fsp3) is 0.542. The lowest BCUT2D eigenvalue weighted by Crippen LogP contribution is -2.45. The summed E-state index contributed by atoms with van der Waals surface area (Å²) in [5, 5.41) is 6.75. The highest BCUT2D eigenvalue weighted by Crippen LogP contribution is 2.36. The minimum Gasteiger partial charge on any atom is -0.381 e. The van der Waals surface area contributed by atoms with Gasteiger partial charge in [-0.3, -0.25) is 0 Å². The molecule has 2 aliphatic heterocycles. The molecule has 2 saturated heterocycles. The second kappa shape index (κ2) is 10.8. The Hall–Kier alpha value is -2.17. The largest absolute Gasteiger partial charge is 0.433 e. The molecular formula is C24H29ClF3N5OS. The Morgan fingerprint density at radius 2 is 1.91 bits per heavy atom. The van der Waals surface area contributed by atoms with Gasteiger partial charge in [-0.25, -0.2) is 4.98 Å². The van der Waals surface area contributed by atoms with E-state index in [1.807, 2.05) is 29.2 Å². The molecule has 190 valence electrons. The molecule has 11 heteroatoms. The van der Waals surface area contributed by atoms with Crippen molar-refractivity contribution < 1.29 is 17.9 Å². The molecule has 6 nitrogen and oxygen atoms in total. The zero-order chi connectivity index (χ0) is 25.1. The van der Waals surface area contributed by atoms with Crippen molar-refractivity contribution in [1.29, 1.82) is 0 Å². The normalized spacial score (nSPS) is 18.8. The number of piperidine rings is 1. The number of anilines is 2. The molecule has 4 rings (SSSR count). The number of halogens is 4. The Kier molecular flexibility index (Phi) is 8.02. The first-order valence-corrected chi connectivity index (χ1v) is 12.5. The molecule has 0 bridgehead atoms. The zero-order valence-corrected chi connectivity index (χ0v) is 21.1. The number of nitrogens with one attached hydrogen (secondary N) is 2. The molecule has 35 heavy (non-hydrogen) atoms. The molecular weight excluding hydrogens is 499 g/mol. The van der Waals surface area contributed by atoms with Crippen LogP contribution in [0.4, 0.5) is 24.9 Å². The molecule has 2 N–H and O–H groups in total. The van der Waals surface area contributed by atoms with Gasteiger partial charge in [0.2, 0.25) is 5.95 Å². The highest BCUT2D eigenvalue weighted by Gasteiger charge is 2.36. The first kappa shape index (κ1) is 25.9. The monoisotopic (exact) mass is 527 g/mol. The molecule has 0 saturated carbocycles. The number of hydrogen-bond donors (Lipinski definition) is 2. The van der Waals surface area contributed by atoms with Gasteiger partial charge in [-0.15, -0.1) is 0 Å². The molecule has 0 amide bonds. The molecule has 2 aromatic rings. The molecule has 2 fully saturated rings. The molecule has 0 radical (unpaired) electrons. The molecule has 0 spiro atoms. The molecule has 1 aromatic heterocycles. The fourth-order valence-electron chi connectivity index (χ4n) is 4.58. The minimum absolute atomic E-state index is 0.162. The second-order valence-corrected chi connectivity index (χ2v) is 10.2. The van der Waals surface area contributed by atoms with Crippen LogP contribution in [-0.2, 0) is 16.3 Å². The van der Waals surface area contributed by atoms with Crippen LogP contribution in [0.5, 0.6) is 0 Å². The third-order valence-electron chi connectivity index (χ3n) is 6.81. The third kappa shape index (κ3) is 6.54.